The lowest BCUT2D eigenvalue weighted by Crippen LogP contribution is -2.26. The number of fused-ring (bicyclic) bond motifs is 1. The minimum absolute atomic E-state index is 0.172. The van der Waals surface area contributed by atoms with Crippen LogP contribution in [0, 0.1) is 0 Å². The van der Waals surface area contributed by atoms with E-state index >= 15 is 0 Å². The molecule has 3 aromatic rings. The average molecular weight is 467 g/mol. The van der Waals surface area contributed by atoms with Gasteiger partial charge in [-0.05, 0) is 42.5 Å². The summed E-state index contributed by atoms with van der Waals surface area (Å²) in [5, 5.41) is 1.40. The zero-order chi connectivity index (χ0) is 20.5. The second kappa shape index (κ2) is 8.36. The van der Waals surface area contributed by atoms with Crippen molar-refractivity contribution in [3.05, 3.63) is 92.4 Å². The van der Waals surface area contributed by atoms with Crippen LogP contribution in [0.15, 0.2) is 65.6 Å². The maximum atomic E-state index is 13.5. The molecule has 0 saturated heterocycles. The van der Waals surface area contributed by atoms with Crippen molar-refractivity contribution in [2.75, 3.05) is 4.31 Å². The summed E-state index contributed by atoms with van der Waals surface area (Å²) in [6.07, 6.45) is 0. The molecule has 0 spiro atoms. The third-order valence-corrected chi connectivity index (χ3v) is 6.86. The fourth-order valence-electron chi connectivity index (χ4n) is 3.03. The highest BCUT2D eigenvalue weighted by Gasteiger charge is 2.25. The number of cyclic esters (lactones) is 1. The molecule has 8 heteroatoms. The van der Waals surface area contributed by atoms with Gasteiger partial charge in [0.25, 0.3) is 0 Å². The highest BCUT2D eigenvalue weighted by molar-refractivity contribution is 7.86. The van der Waals surface area contributed by atoms with Crippen molar-refractivity contribution in [3.63, 3.8) is 0 Å². The van der Waals surface area contributed by atoms with Gasteiger partial charge in [0, 0.05) is 26.2 Å². The van der Waals surface area contributed by atoms with Gasteiger partial charge >= 0.3 is 5.97 Å². The first kappa shape index (κ1) is 20.2. The Balaban J connectivity index is 1.80. The molecule has 148 valence electrons. The summed E-state index contributed by atoms with van der Waals surface area (Å²) in [6, 6.07) is 17.3. The van der Waals surface area contributed by atoms with Gasteiger partial charge in [0.05, 0.1) is 22.7 Å². The largest absolute Gasteiger partial charge is 0.457 e. The molecule has 29 heavy (non-hydrogen) atoms. The Morgan fingerprint density at radius 2 is 1.69 bits per heavy atom. The molecule has 1 aliphatic rings. The lowest BCUT2D eigenvalue weighted by Gasteiger charge is -2.25. The van der Waals surface area contributed by atoms with Crippen molar-refractivity contribution in [2.24, 2.45) is 0 Å². The lowest BCUT2D eigenvalue weighted by molar-refractivity contribution is 0.0535. The Bertz CT molecular complexity index is 1120. The molecule has 1 heterocycles. The highest BCUT2D eigenvalue weighted by atomic mass is 35.5. The van der Waals surface area contributed by atoms with Gasteiger partial charge in [0.15, 0.2) is 11.0 Å². The molecule has 1 atom stereocenters. The number of hydrogen-bond acceptors (Lipinski definition) is 3. The Morgan fingerprint density at radius 3 is 2.41 bits per heavy atom. The van der Waals surface area contributed by atoms with Crippen molar-refractivity contribution in [2.45, 2.75) is 18.0 Å². The maximum Gasteiger partial charge on any atom is 0.338 e. The van der Waals surface area contributed by atoms with E-state index < -0.39 is 17.0 Å². The predicted octanol–water partition coefficient (Wildman–Crippen LogP) is 6.05. The zero-order valence-corrected chi connectivity index (χ0v) is 18.0. The monoisotopic (exact) mass is 465 g/mol. The van der Waals surface area contributed by atoms with Crippen LogP contribution < -0.4 is 4.31 Å². The van der Waals surface area contributed by atoms with E-state index in [0.717, 1.165) is 5.56 Å². The summed E-state index contributed by atoms with van der Waals surface area (Å²) in [6.45, 7) is 0.410. The number of benzene rings is 3. The van der Waals surface area contributed by atoms with Crippen molar-refractivity contribution < 1.29 is 13.7 Å². The first-order valence-electron chi connectivity index (χ1n) is 8.62. The molecule has 0 bridgehead atoms. The number of halogens is 3. The Hall–Kier alpha value is -2.05. The number of anilines is 1. The van der Waals surface area contributed by atoms with Crippen LogP contribution in [0.4, 0.5) is 5.69 Å². The number of rotatable bonds is 5. The Morgan fingerprint density at radius 1 is 0.966 bits per heavy atom. The molecule has 0 aromatic heterocycles. The van der Waals surface area contributed by atoms with E-state index in [1.54, 1.807) is 65.0 Å². The minimum Gasteiger partial charge on any atom is -0.457 e. The predicted molar refractivity (Wildman–Crippen MR) is 116 cm³/mol. The maximum absolute atomic E-state index is 13.5. The second-order valence-electron chi connectivity index (χ2n) is 6.36. The summed E-state index contributed by atoms with van der Waals surface area (Å²) < 4.78 is 20.2. The van der Waals surface area contributed by atoms with E-state index in [4.69, 9.17) is 39.5 Å². The number of carbonyl (C=O) groups is 1. The molecule has 4 nitrogen and oxygen atoms in total. The summed E-state index contributed by atoms with van der Waals surface area (Å²) >= 11 is 18.8. The Kier molecular flexibility index (Phi) is 5.83. The third kappa shape index (κ3) is 4.14. The van der Waals surface area contributed by atoms with Gasteiger partial charge in [-0.2, -0.15) is 0 Å². The van der Waals surface area contributed by atoms with Crippen molar-refractivity contribution in [1.82, 2.24) is 0 Å². The van der Waals surface area contributed by atoms with Crippen LogP contribution in [-0.2, 0) is 28.9 Å². The van der Waals surface area contributed by atoms with E-state index in [1.807, 2.05) is 0 Å². The van der Waals surface area contributed by atoms with Crippen molar-refractivity contribution in [1.29, 1.82) is 0 Å². The molecular weight excluding hydrogens is 453 g/mol. The molecule has 1 unspecified atom stereocenters. The topological polar surface area (TPSA) is 46.6 Å². The molecule has 0 fully saturated rings. The molecule has 0 aliphatic carbocycles. The van der Waals surface area contributed by atoms with E-state index in [0.29, 0.717) is 36.8 Å². The fraction of sp³-hybridized carbons (Fsp3) is 0.0952. The van der Waals surface area contributed by atoms with Crippen LogP contribution >= 0.6 is 34.8 Å². The molecule has 0 saturated carbocycles. The van der Waals surface area contributed by atoms with Crippen molar-refractivity contribution >= 4 is 57.4 Å². The fourth-order valence-corrected chi connectivity index (χ4v) is 5.03. The SMILES string of the molecule is O=C1OCc2ccc(N(Cc3c(Cl)cccc3Cl)S(=O)c3cccc(Cl)c3)cc21. The van der Waals surface area contributed by atoms with Crippen LogP contribution in [0.25, 0.3) is 0 Å². The van der Waals surface area contributed by atoms with Gasteiger partial charge in [-0.25, -0.2) is 9.00 Å². The molecule has 0 N–H and O–H groups in total. The first-order chi connectivity index (χ1) is 13.9. The van der Waals surface area contributed by atoms with Gasteiger partial charge < -0.3 is 4.74 Å². The van der Waals surface area contributed by atoms with Gasteiger partial charge in [-0.1, -0.05) is 53.0 Å². The lowest BCUT2D eigenvalue weighted by atomic mass is 10.1. The van der Waals surface area contributed by atoms with E-state index in [1.165, 1.54) is 0 Å². The van der Waals surface area contributed by atoms with Gasteiger partial charge in [-0.3, -0.25) is 4.31 Å². The van der Waals surface area contributed by atoms with E-state index in [-0.39, 0.29) is 13.2 Å². The van der Waals surface area contributed by atoms with Crippen LogP contribution in [0.2, 0.25) is 15.1 Å². The summed E-state index contributed by atoms with van der Waals surface area (Å²) in [7, 11) is -1.63. The number of hydrogen-bond donors (Lipinski definition) is 0. The third-order valence-electron chi connectivity index (χ3n) is 4.52. The van der Waals surface area contributed by atoms with E-state index in [2.05, 4.69) is 0 Å². The molecular formula is C21H14Cl3NO3S. The van der Waals surface area contributed by atoms with Crippen LogP contribution in [-0.4, -0.2) is 10.2 Å². The number of ether oxygens (including phenoxy) is 1. The molecule has 0 amide bonds. The van der Waals surface area contributed by atoms with Gasteiger partial charge in [-0.15, -0.1) is 0 Å². The number of esters is 1. The smallest absolute Gasteiger partial charge is 0.338 e. The summed E-state index contributed by atoms with van der Waals surface area (Å²) in [5.41, 5.74) is 2.47. The zero-order valence-electron chi connectivity index (χ0n) is 14.9. The molecule has 3 aromatic carbocycles. The quantitative estimate of drug-likeness (QED) is 0.430. The number of nitrogens with zero attached hydrogens (tertiary/aromatic N) is 1. The standard InChI is InChI=1S/C21H14Cl3NO3S/c22-14-3-1-4-16(9-14)29(27)25(11-18-19(23)5-2-6-20(18)24)15-8-7-13-12-28-21(26)17(13)10-15/h1-10H,11-12H2. The summed E-state index contributed by atoms with van der Waals surface area (Å²) in [4.78, 5) is 12.5. The normalized spacial score (nSPS) is 13.7. The van der Waals surface area contributed by atoms with Gasteiger partial charge in [0.1, 0.15) is 6.61 Å². The first-order valence-corrected chi connectivity index (χ1v) is 10.9. The van der Waals surface area contributed by atoms with E-state index in [9.17, 15) is 9.00 Å². The van der Waals surface area contributed by atoms with Crippen molar-refractivity contribution in [3.8, 4) is 0 Å². The number of carbonyl (C=O) groups excluding carboxylic acids is 1. The average Bonchev–Trinajstić information content (AvgIpc) is 3.08. The minimum atomic E-state index is -1.63. The molecule has 4 rings (SSSR count). The van der Waals surface area contributed by atoms with Crippen LogP contribution in [0.3, 0.4) is 0 Å². The molecule has 0 radical (unpaired) electrons. The Labute approximate surface area is 185 Å². The van der Waals surface area contributed by atoms with Crippen LogP contribution in [0.1, 0.15) is 21.5 Å². The van der Waals surface area contributed by atoms with Gasteiger partial charge in [0.2, 0.25) is 0 Å². The molecule has 1 aliphatic heterocycles. The van der Waals surface area contributed by atoms with Crippen LogP contribution in [0.5, 0.6) is 0 Å². The second-order valence-corrected chi connectivity index (χ2v) is 9.02. The summed E-state index contributed by atoms with van der Waals surface area (Å²) in [5.74, 6) is -0.397. The highest BCUT2D eigenvalue weighted by Crippen LogP contribution is 2.33.